The van der Waals surface area contributed by atoms with Crippen LogP contribution in [0.2, 0.25) is 0 Å². The third kappa shape index (κ3) is 3.45. The molecular weight excluding hydrogens is 252 g/mol. The van der Waals surface area contributed by atoms with Crippen LogP contribution in [0, 0.1) is 0 Å². The first-order chi connectivity index (χ1) is 8.59. The van der Waals surface area contributed by atoms with E-state index in [-0.39, 0.29) is 11.2 Å². The molecule has 0 aromatic heterocycles. The summed E-state index contributed by atoms with van der Waals surface area (Å²) in [5.74, 6) is -0.174. The number of carbonyl (C=O) groups excluding carboxylic acids is 1. The van der Waals surface area contributed by atoms with E-state index in [1.54, 1.807) is 0 Å². The van der Waals surface area contributed by atoms with Gasteiger partial charge in [0.25, 0.3) is 0 Å². The number of nitrogens with one attached hydrogen (secondary N) is 2. The summed E-state index contributed by atoms with van der Waals surface area (Å²) in [4.78, 5) is 11.7. The van der Waals surface area contributed by atoms with Crippen molar-refractivity contribution in [1.82, 2.24) is 10.0 Å². The van der Waals surface area contributed by atoms with Crippen molar-refractivity contribution in [3.05, 3.63) is 0 Å². The van der Waals surface area contributed by atoms with Gasteiger partial charge in [-0.1, -0.05) is 19.3 Å². The van der Waals surface area contributed by atoms with Crippen LogP contribution in [0.15, 0.2) is 0 Å². The summed E-state index contributed by atoms with van der Waals surface area (Å²) >= 11 is 0. The largest absolute Gasteiger partial charge is 0.355 e. The number of hydrogen-bond acceptors (Lipinski definition) is 3. The van der Waals surface area contributed by atoms with E-state index in [0.29, 0.717) is 13.0 Å². The minimum Gasteiger partial charge on any atom is -0.355 e. The Bertz CT molecular complexity index is 388. The Morgan fingerprint density at radius 3 is 2.39 bits per heavy atom. The second kappa shape index (κ2) is 6.02. The maximum absolute atomic E-state index is 12.2. The molecule has 1 saturated carbocycles. The van der Waals surface area contributed by atoms with Gasteiger partial charge in [0.2, 0.25) is 15.9 Å². The lowest BCUT2D eigenvalue weighted by molar-refractivity contribution is -0.122. The number of hydrogen-bond donors (Lipinski definition) is 2. The van der Waals surface area contributed by atoms with Crippen molar-refractivity contribution in [2.75, 3.05) is 6.54 Å². The molecule has 6 heteroatoms. The van der Waals surface area contributed by atoms with Crippen molar-refractivity contribution in [2.24, 2.45) is 0 Å². The van der Waals surface area contributed by atoms with E-state index < -0.39 is 16.1 Å². The van der Waals surface area contributed by atoms with Crippen LogP contribution >= 0.6 is 0 Å². The van der Waals surface area contributed by atoms with Gasteiger partial charge in [-0.3, -0.25) is 4.79 Å². The van der Waals surface area contributed by atoms with Gasteiger partial charge in [-0.25, -0.2) is 13.1 Å². The Morgan fingerprint density at radius 1 is 1.00 bits per heavy atom. The molecule has 18 heavy (non-hydrogen) atoms. The van der Waals surface area contributed by atoms with Crippen molar-refractivity contribution < 1.29 is 13.2 Å². The fourth-order valence-electron chi connectivity index (χ4n) is 2.72. The predicted octanol–water partition coefficient (Wildman–Crippen LogP) is 0.907. The van der Waals surface area contributed by atoms with Crippen LogP contribution in [-0.4, -0.2) is 32.2 Å². The van der Waals surface area contributed by atoms with Gasteiger partial charge in [0, 0.05) is 6.54 Å². The maximum atomic E-state index is 12.2. The highest BCUT2D eigenvalue weighted by atomic mass is 32.2. The first-order valence-corrected chi connectivity index (χ1v) is 8.43. The zero-order chi connectivity index (χ0) is 13.0. The van der Waals surface area contributed by atoms with Gasteiger partial charge in [-0.05, 0) is 32.1 Å². The number of sulfonamides is 1. The topological polar surface area (TPSA) is 75.3 Å². The summed E-state index contributed by atoms with van der Waals surface area (Å²) in [5.41, 5.74) is 0. The molecule has 1 atom stereocenters. The number of amides is 1. The molecule has 2 aliphatic rings. The molecule has 1 amide bonds. The van der Waals surface area contributed by atoms with Gasteiger partial charge < -0.3 is 5.32 Å². The number of carbonyl (C=O) groups is 1. The molecule has 0 spiro atoms. The molecule has 104 valence electrons. The summed E-state index contributed by atoms with van der Waals surface area (Å²) in [6.07, 6.45) is 6.94. The third-order valence-corrected chi connectivity index (χ3v) is 5.79. The molecule has 2 rings (SSSR count). The summed E-state index contributed by atoms with van der Waals surface area (Å²) in [5, 5.41) is 2.45. The van der Waals surface area contributed by atoms with Gasteiger partial charge in [0.1, 0.15) is 6.04 Å². The second-order valence-corrected chi connectivity index (χ2v) is 7.25. The highest BCUT2D eigenvalue weighted by molar-refractivity contribution is 7.90. The van der Waals surface area contributed by atoms with Crippen molar-refractivity contribution in [1.29, 1.82) is 0 Å². The summed E-state index contributed by atoms with van der Waals surface area (Å²) in [6.45, 7) is 0.653. The van der Waals surface area contributed by atoms with Crippen LogP contribution in [0.4, 0.5) is 0 Å². The first kappa shape index (κ1) is 13.8. The first-order valence-electron chi connectivity index (χ1n) is 6.88. The molecule has 5 nitrogen and oxygen atoms in total. The molecule has 2 fully saturated rings. The van der Waals surface area contributed by atoms with Crippen LogP contribution in [-0.2, 0) is 14.8 Å². The third-order valence-electron chi connectivity index (χ3n) is 3.83. The Balaban J connectivity index is 1.99. The molecule has 1 saturated heterocycles. The predicted molar refractivity (Wildman–Crippen MR) is 69.6 cm³/mol. The molecular formula is C12H22N2O3S. The smallest absolute Gasteiger partial charge is 0.238 e. The van der Waals surface area contributed by atoms with Gasteiger partial charge >= 0.3 is 0 Å². The minimum atomic E-state index is -3.34. The highest BCUT2D eigenvalue weighted by Crippen LogP contribution is 2.23. The summed E-state index contributed by atoms with van der Waals surface area (Å²) < 4.78 is 27.1. The van der Waals surface area contributed by atoms with Crippen molar-refractivity contribution >= 4 is 15.9 Å². The normalized spacial score (nSPS) is 27.6. The lowest BCUT2D eigenvalue weighted by Crippen LogP contribution is -2.48. The lowest BCUT2D eigenvalue weighted by atomic mass is 10.0. The molecule has 1 aliphatic heterocycles. The molecule has 0 unspecified atom stereocenters. The van der Waals surface area contributed by atoms with Crippen LogP contribution < -0.4 is 10.0 Å². The Kier molecular flexibility index (Phi) is 4.61. The lowest BCUT2D eigenvalue weighted by Gasteiger charge is -2.24. The van der Waals surface area contributed by atoms with Gasteiger partial charge in [0.05, 0.1) is 5.25 Å². The van der Waals surface area contributed by atoms with Crippen molar-refractivity contribution in [2.45, 2.75) is 62.7 Å². The fourth-order valence-corrected chi connectivity index (χ4v) is 4.49. The molecule has 1 heterocycles. The standard InChI is InChI=1S/C12H22N2O3S/c15-12-11(8-4-5-9-13-12)14-18(16,17)10-6-2-1-3-7-10/h10-11,14H,1-9H2,(H,13,15)/t11-/m0/s1. The van der Waals surface area contributed by atoms with Crippen molar-refractivity contribution in [3.63, 3.8) is 0 Å². The average Bonchev–Trinajstić information content (AvgIpc) is 2.56. The van der Waals surface area contributed by atoms with Gasteiger partial charge in [0.15, 0.2) is 0 Å². The number of rotatable bonds is 3. The minimum absolute atomic E-state index is 0.174. The van der Waals surface area contributed by atoms with Crippen LogP contribution in [0.25, 0.3) is 0 Å². The van der Waals surface area contributed by atoms with E-state index in [1.807, 2.05) is 0 Å². The molecule has 2 N–H and O–H groups in total. The zero-order valence-corrected chi connectivity index (χ0v) is 11.5. The Hall–Kier alpha value is -0.620. The van der Waals surface area contributed by atoms with E-state index in [4.69, 9.17) is 0 Å². The van der Waals surface area contributed by atoms with Crippen molar-refractivity contribution in [3.8, 4) is 0 Å². The molecule has 0 aromatic carbocycles. The van der Waals surface area contributed by atoms with E-state index in [2.05, 4.69) is 10.0 Å². The van der Waals surface area contributed by atoms with E-state index >= 15 is 0 Å². The Labute approximate surface area is 109 Å². The monoisotopic (exact) mass is 274 g/mol. The van der Waals surface area contributed by atoms with E-state index in [1.165, 1.54) is 0 Å². The zero-order valence-electron chi connectivity index (χ0n) is 10.7. The van der Waals surface area contributed by atoms with Crippen LogP contribution in [0.3, 0.4) is 0 Å². The Morgan fingerprint density at radius 2 is 1.67 bits per heavy atom. The van der Waals surface area contributed by atoms with E-state index in [0.717, 1.165) is 44.9 Å². The summed E-state index contributed by atoms with van der Waals surface area (Å²) in [7, 11) is -3.34. The quantitative estimate of drug-likeness (QED) is 0.803. The van der Waals surface area contributed by atoms with Gasteiger partial charge in [-0.2, -0.15) is 0 Å². The maximum Gasteiger partial charge on any atom is 0.238 e. The molecule has 1 aliphatic carbocycles. The highest BCUT2D eigenvalue weighted by Gasteiger charge is 2.32. The molecule has 0 bridgehead atoms. The molecule has 0 aromatic rings. The SMILES string of the molecule is O=C1NCCCC[C@@H]1NS(=O)(=O)C1CCCCC1. The van der Waals surface area contributed by atoms with Crippen LogP contribution in [0.1, 0.15) is 51.4 Å². The summed E-state index contributed by atoms with van der Waals surface area (Å²) in [6, 6.07) is -0.570. The average molecular weight is 274 g/mol. The van der Waals surface area contributed by atoms with Crippen LogP contribution in [0.5, 0.6) is 0 Å². The molecule has 0 radical (unpaired) electrons. The van der Waals surface area contributed by atoms with E-state index in [9.17, 15) is 13.2 Å². The second-order valence-electron chi connectivity index (χ2n) is 5.26. The van der Waals surface area contributed by atoms with Gasteiger partial charge in [-0.15, -0.1) is 0 Å². The fraction of sp³-hybridized carbons (Fsp3) is 0.917.